The Bertz CT molecular complexity index is 1930. The molecule has 0 atom stereocenters. The van der Waals surface area contributed by atoms with Gasteiger partial charge in [-0.15, -0.1) is 5.92 Å². The number of nitrogens with zero attached hydrogens (tertiary/aromatic N) is 5. The van der Waals surface area contributed by atoms with Gasteiger partial charge in [0.05, 0.1) is 31.4 Å². The summed E-state index contributed by atoms with van der Waals surface area (Å²) in [5.74, 6) is 8.23. The molecule has 5 rings (SSSR count). The summed E-state index contributed by atoms with van der Waals surface area (Å²) in [7, 11) is 3.15. The molecule has 0 amide bonds. The van der Waals surface area contributed by atoms with E-state index in [0.29, 0.717) is 53.5 Å². The summed E-state index contributed by atoms with van der Waals surface area (Å²) in [6, 6.07) is 10.4. The summed E-state index contributed by atoms with van der Waals surface area (Å²) >= 11 is 0. The number of ketones is 1. The van der Waals surface area contributed by atoms with Crippen LogP contribution < -0.4 is 14.0 Å². The van der Waals surface area contributed by atoms with Gasteiger partial charge >= 0.3 is 5.88 Å². The second kappa shape index (κ2) is 12.5. The molecule has 11 nitrogen and oxygen atoms in total. The maximum Gasteiger partial charge on any atom is 0.433 e. The highest BCUT2D eigenvalue weighted by Gasteiger charge is 2.26. The van der Waals surface area contributed by atoms with Crippen LogP contribution in [0.2, 0.25) is 0 Å². The fraction of sp³-hybridized carbons (Fsp3) is 0.303. The third kappa shape index (κ3) is 5.42. The van der Waals surface area contributed by atoms with E-state index in [0.717, 1.165) is 34.5 Å². The van der Waals surface area contributed by atoms with Crippen LogP contribution in [0.1, 0.15) is 65.1 Å². The van der Waals surface area contributed by atoms with E-state index in [1.165, 1.54) is 6.07 Å². The van der Waals surface area contributed by atoms with Crippen LogP contribution in [0.25, 0.3) is 10.9 Å². The van der Waals surface area contributed by atoms with Crippen LogP contribution in [0.15, 0.2) is 53.2 Å². The number of imidazole rings is 1. The average molecular weight is 597 g/mol. The number of aromatic nitrogens is 4. The topological polar surface area (TPSA) is 118 Å². The van der Waals surface area contributed by atoms with Gasteiger partial charge in [-0.3, -0.25) is 14.9 Å². The number of fused-ring (bicyclic) bond motifs is 1. The predicted molar refractivity (Wildman–Crippen MR) is 163 cm³/mol. The molecule has 44 heavy (non-hydrogen) atoms. The van der Waals surface area contributed by atoms with Gasteiger partial charge in [0, 0.05) is 23.4 Å². The molecule has 5 aromatic rings. The molecule has 0 fully saturated rings. The standard InChI is InChI=1S/C33H34N5O6/c1-7-10-26-22(8-2)11-13-27-31(33(39)23-17-28(42-5)25(9-3)29(18-23)43-6)34-37(32(26)27)20-36-16-15-35(21(36)4)19-24-12-14-30(44-24)38(40)41/h11-18H,8-9,19-20H2,1-6H3/q+1. The van der Waals surface area contributed by atoms with Crippen molar-refractivity contribution in [3.63, 3.8) is 0 Å². The van der Waals surface area contributed by atoms with Crippen molar-refractivity contribution in [2.24, 2.45) is 0 Å². The average Bonchev–Trinajstić information content (AvgIpc) is 3.75. The summed E-state index contributed by atoms with van der Waals surface area (Å²) in [5.41, 5.74) is 4.25. The minimum atomic E-state index is -0.556. The summed E-state index contributed by atoms with van der Waals surface area (Å²) in [6.45, 7) is 8.42. The Kier molecular flexibility index (Phi) is 8.53. The van der Waals surface area contributed by atoms with Crippen molar-refractivity contribution in [1.82, 2.24) is 14.3 Å². The molecule has 226 valence electrons. The number of ether oxygens (including phenoxy) is 2. The van der Waals surface area contributed by atoms with Crippen molar-refractivity contribution >= 4 is 22.6 Å². The van der Waals surface area contributed by atoms with Crippen molar-refractivity contribution in [1.29, 1.82) is 0 Å². The van der Waals surface area contributed by atoms with Gasteiger partial charge in [0.15, 0.2) is 12.4 Å². The maximum absolute atomic E-state index is 14.1. The molecule has 0 N–H and O–H groups in total. The summed E-state index contributed by atoms with van der Waals surface area (Å²) < 4.78 is 22.3. The maximum atomic E-state index is 14.1. The van der Waals surface area contributed by atoms with Gasteiger partial charge in [-0.1, -0.05) is 31.9 Å². The molecule has 0 aliphatic heterocycles. The predicted octanol–water partition coefficient (Wildman–Crippen LogP) is 5.23. The number of benzene rings is 2. The van der Waals surface area contributed by atoms with E-state index in [1.807, 2.05) is 52.2 Å². The number of aryl methyl sites for hydroxylation is 1. The lowest BCUT2D eigenvalue weighted by atomic mass is 9.97. The van der Waals surface area contributed by atoms with E-state index in [-0.39, 0.29) is 11.7 Å². The SMILES string of the molecule is CC#Cc1c(CC)ccc2c(C(=O)c3cc(OC)c(CC)c(OC)c3)nn(C[n+]3ccn(Cc4ccc([N+](=O)[O-])o4)c3C)c12. The first-order valence-electron chi connectivity index (χ1n) is 14.3. The van der Waals surface area contributed by atoms with Gasteiger partial charge < -0.3 is 13.9 Å². The molecule has 0 saturated carbocycles. The van der Waals surface area contributed by atoms with Crippen molar-refractivity contribution < 1.29 is 28.2 Å². The number of nitro groups is 1. The first kappa shape index (κ1) is 30.1. The molecule has 0 bridgehead atoms. The fourth-order valence-electron chi connectivity index (χ4n) is 5.47. The second-order valence-corrected chi connectivity index (χ2v) is 10.2. The summed E-state index contributed by atoms with van der Waals surface area (Å²) in [6.07, 6.45) is 5.22. The first-order valence-corrected chi connectivity index (χ1v) is 14.3. The molecular formula is C33H34N5O6+. The zero-order valence-corrected chi connectivity index (χ0v) is 25.6. The Morgan fingerprint density at radius 1 is 1.11 bits per heavy atom. The molecule has 0 saturated heterocycles. The minimum absolute atomic E-state index is 0.258. The lowest BCUT2D eigenvalue weighted by molar-refractivity contribution is -0.707. The Hall–Kier alpha value is -5.37. The van der Waals surface area contributed by atoms with E-state index in [2.05, 4.69) is 18.8 Å². The number of methoxy groups -OCH3 is 2. The molecule has 0 aliphatic rings. The zero-order chi connectivity index (χ0) is 31.5. The molecule has 0 spiro atoms. The van der Waals surface area contributed by atoms with E-state index in [1.54, 1.807) is 39.3 Å². The van der Waals surface area contributed by atoms with Gasteiger partial charge in [0.1, 0.15) is 41.1 Å². The van der Waals surface area contributed by atoms with Crippen LogP contribution in [-0.2, 0) is 26.1 Å². The van der Waals surface area contributed by atoms with Crippen LogP contribution in [0.3, 0.4) is 0 Å². The molecule has 11 heteroatoms. The molecule has 0 aliphatic carbocycles. The second-order valence-electron chi connectivity index (χ2n) is 10.2. The highest BCUT2D eigenvalue weighted by molar-refractivity contribution is 6.16. The molecule has 2 aromatic carbocycles. The highest BCUT2D eigenvalue weighted by Crippen LogP contribution is 2.33. The van der Waals surface area contributed by atoms with Crippen LogP contribution in [0.5, 0.6) is 11.5 Å². The van der Waals surface area contributed by atoms with Crippen molar-refractivity contribution in [2.45, 2.75) is 53.8 Å². The number of hydrogen-bond donors (Lipinski definition) is 0. The van der Waals surface area contributed by atoms with Gasteiger partial charge in [-0.2, -0.15) is 5.10 Å². The highest BCUT2D eigenvalue weighted by atomic mass is 16.6. The summed E-state index contributed by atoms with van der Waals surface area (Å²) in [5, 5.41) is 16.6. The lowest BCUT2D eigenvalue weighted by Gasteiger charge is -2.13. The van der Waals surface area contributed by atoms with E-state index in [4.69, 9.17) is 19.0 Å². The van der Waals surface area contributed by atoms with Gasteiger partial charge in [-0.05, 0) is 43.5 Å². The van der Waals surface area contributed by atoms with E-state index in [9.17, 15) is 14.9 Å². The van der Waals surface area contributed by atoms with E-state index >= 15 is 0 Å². The van der Waals surface area contributed by atoms with Gasteiger partial charge in [0.2, 0.25) is 5.78 Å². The van der Waals surface area contributed by atoms with Crippen LogP contribution in [0, 0.1) is 28.9 Å². The van der Waals surface area contributed by atoms with Crippen LogP contribution in [0.4, 0.5) is 5.88 Å². The summed E-state index contributed by atoms with van der Waals surface area (Å²) in [4.78, 5) is 24.6. The normalized spacial score (nSPS) is 11.0. The number of hydrogen-bond acceptors (Lipinski definition) is 7. The smallest absolute Gasteiger partial charge is 0.433 e. The zero-order valence-electron chi connectivity index (χ0n) is 25.6. The van der Waals surface area contributed by atoms with Crippen molar-refractivity contribution in [3.8, 4) is 23.3 Å². The molecular weight excluding hydrogens is 562 g/mol. The third-order valence-electron chi connectivity index (χ3n) is 7.77. The Labute approximate surface area is 254 Å². The largest absolute Gasteiger partial charge is 0.496 e. The monoisotopic (exact) mass is 596 g/mol. The van der Waals surface area contributed by atoms with E-state index < -0.39 is 4.92 Å². The number of furan rings is 1. The Morgan fingerprint density at radius 2 is 1.84 bits per heavy atom. The minimum Gasteiger partial charge on any atom is -0.496 e. The molecule has 3 heterocycles. The third-order valence-corrected chi connectivity index (χ3v) is 7.77. The molecule has 0 unspecified atom stereocenters. The fourth-order valence-corrected chi connectivity index (χ4v) is 5.47. The van der Waals surface area contributed by atoms with Crippen molar-refractivity contribution in [2.75, 3.05) is 14.2 Å². The van der Waals surface area contributed by atoms with Crippen LogP contribution in [-0.4, -0.2) is 39.3 Å². The van der Waals surface area contributed by atoms with Gasteiger partial charge in [-0.25, -0.2) is 13.8 Å². The van der Waals surface area contributed by atoms with Crippen molar-refractivity contribution in [3.05, 3.63) is 98.4 Å². The molecule has 3 aromatic heterocycles. The number of carbonyl (C=O) groups excluding carboxylic acids is 1. The Balaban J connectivity index is 1.61. The number of rotatable bonds is 11. The lowest BCUT2D eigenvalue weighted by Crippen LogP contribution is -2.39. The molecule has 0 radical (unpaired) electrons. The number of carbonyl (C=O) groups is 1. The first-order chi connectivity index (χ1) is 21.2. The van der Waals surface area contributed by atoms with Crippen LogP contribution >= 0.6 is 0 Å². The van der Waals surface area contributed by atoms with Gasteiger partial charge in [0.25, 0.3) is 5.82 Å². The Morgan fingerprint density at radius 3 is 2.43 bits per heavy atom. The quantitative estimate of drug-likeness (QED) is 0.0673.